The van der Waals surface area contributed by atoms with Gasteiger partial charge < -0.3 is 9.47 Å². The van der Waals surface area contributed by atoms with Crippen LogP contribution < -0.4 is 0 Å². The molecular weight excluding hydrogens is 170 g/mol. The van der Waals surface area contributed by atoms with Gasteiger partial charge in [0.05, 0.1) is 0 Å². The summed E-state index contributed by atoms with van der Waals surface area (Å²) in [6.45, 7) is 3.66. The zero-order chi connectivity index (χ0) is 8.89. The van der Waals surface area contributed by atoms with Crippen molar-refractivity contribution < 1.29 is 14.3 Å². The fraction of sp³-hybridized carbons (Fsp3) is 0.889. The summed E-state index contributed by atoms with van der Waals surface area (Å²) >= 11 is 0. The van der Waals surface area contributed by atoms with Crippen molar-refractivity contribution in [2.24, 2.45) is 5.92 Å². The molecule has 4 nitrogen and oxygen atoms in total. The van der Waals surface area contributed by atoms with E-state index < -0.39 is 6.16 Å². The third-order valence-corrected chi connectivity index (χ3v) is 3.54. The summed E-state index contributed by atoms with van der Waals surface area (Å²) in [5.74, 6) is 0.531. The first-order chi connectivity index (χ1) is 6.28. The molecule has 4 aliphatic rings. The van der Waals surface area contributed by atoms with Gasteiger partial charge in [0, 0.05) is 12.5 Å². The molecule has 0 aromatic heterocycles. The first-order valence-corrected chi connectivity index (χ1v) is 4.87. The van der Waals surface area contributed by atoms with E-state index in [-0.39, 0.29) is 5.60 Å². The molecule has 1 atom stereocenters. The maximum absolute atomic E-state index is 10.9. The molecule has 0 amide bonds. The van der Waals surface area contributed by atoms with Gasteiger partial charge in [-0.05, 0) is 25.9 Å². The molecule has 72 valence electrons. The minimum Gasteiger partial charge on any atom is -0.430 e. The van der Waals surface area contributed by atoms with Crippen molar-refractivity contribution in [1.82, 2.24) is 4.90 Å². The van der Waals surface area contributed by atoms with E-state index in [9.17, 15) is 4.79 Å². The molecule has 4 saturated heterocycles. The van der Waals surface area contributed by atoms with Crippen LogP contribution in [0.25, 0.3) is 0 Å². The van der Waals surface area contributed by atoms with Crippen LogP contribution in [0.3, 0.4) is 0 Å². The van der Waals surface area contributed by atoms with Gasteiger partial charge in [-0.2, -0.15) is 0 Å². The minimum absolute atomic E-state index is 0.284. The smallest absolute Gasteiger partial charge is 0.430 e. The fourth-order valence-corrected chi connectivity index (χ4v) is 2.81. The van der Waals surface area contributed by atoms with E-state index in [1.165, 1.54) is 0 Å². The molecule has 13 heavy (non-hydrogen) atoms. The van der Waals surface area contributed by atoms with Gasteiger partial charge in [-0.1, -0.05) is 0 Å². The van der Waals surface area contributed by atoms with Gasteiger partial charge in [0.15, 0.2) is 5.60 Å². The normalized spacial score (nSPS) is 47.8. The average Bonchev–Trinajstić information content (AvgIpc) is 2.49. The zero-order valence-electron chi connectivity index (χ0n) is 7.49. The Balaban J connectivity index is 1.87. The van der Waals surface area contributed by atoms with Gasteiger partial charge >= 0.3 is 6.16 Å². The summed E-state index contributed by atoms with van der Waals surface area (Å²) in [5.41, 5.74) is -0.284. The van der Waals surface area contributed by atoms with Crippen LogP contribution in [-0.2, 0) is 9.47 Å². The summed E-state index contributed by atoms with van der Waals surface area (Å²) in [7, 11) is 0. The largest absolute Gasteiger partial charge is 0.509 e. The highest BCUT2D eigenvalue weighted by atomic mass is 16.8. The highest BCUT2D eigenvalue weighted by molar-refractivity contribution is 5.63. The maximum atomic E-state index is 10.9. The number of rotatable bonds is 0. The van der Waals surface area contributed by atoms with E-state index in [4.69, 9.17) is 9.47 Å². The number of piperidine rings is 3. The molecule has 4 heterocycles. The predicted octanol–water partition coefficient (Wildman–Crippen LogP) is 0.618. The van der Waals surface area contributed by atoms with Crippen LogP contribution in [0.4, 0.5) is 4.79 Å². The van der Waals surface area contributed by atoms with Crippen LogP contribution in [0.1, 0.15) is 12.8 Å². The Morgan fingerprint density at radius 3 is 2.62 bits per heavy atom. The van der Waals surface area contributed by atoms with Crippen LogP contribution in [0.5, 0.6) is 0 Å². The lowest BCUT2D eigenvalue weighted by atomic mass is 9.76. The maximum Gasteiger partial charge on any atom is 0.509 e. The van der Waals surface area contributed by atoms with Gasteiger partial charge in [-0.25, -0.2) is 4.79 Å². The molecule has 0 unspecified atom stereocenters. The van der Waals surface area contributed by atoms with Crippen LogP contribution in [0.2, 0.25) is 0 Å². The van der Waals surface area contributed by atoms with Gasteiger partial charge in [-0.3, -0.25) is 4.90 Å². The number of fused-ring (bicyclic) bond motifs is 2. The summed E-state index contributed by atoms with van der Waals surface area (Å²) in [4.78, 5) is 13.3. The molecular formula is C9H13NO3. The molecule has 0 aromatic carbocycles. The topological polar surface area (TPSA) is 38.8 Å². The van der Waals surface area contributed by atoms with Crippen molar-refractivity contribution in [2.75, 3.05) is 26.2 Å². The summed E-state index contributed by atoms with van der Waals surface area (Å²) in [6, 6.07) is 0. The van der Waals surface area contributed by atoms with Gasteiger partial charge in [0.2, 0.25) is 0 Å². The first-order valence-electron chi connectivity index (χ1n) is 4.87. The zero-order valence-corrected chi connectivity index (χ0v) is 7.49. The minimum atomic E-state index is -0.478. The Labute approximate surface area is 76.8 Å². The molecule has 4 aliphatic heterocycles. The Morgan fingerprint density at radius 1 is 1.38 bits per heavy atom. The number of ether oxygens (including phenoxy) is 2. The van der Waals surface area contributed by atoms with E-state index in [1.54, 1.807) is 0 Å². The second-order valence-electron chi connectivity index (χ2n) is 4.26. The number of hydrogen-bond acceptors (Lipinski definition) is 4. The first kappa shape index (κ1) is 7.62. The van der Waals surface area contributed by atoms with Gasteiger partial charge in [0.25, 0.3) is 0 Å². The van der Waals surface area contributed by atoms with Crippen molar-refractivity contribution in [1.29, 1.82) is 0 Å². The lowest BCUT2D eigenvalue weighted by Crippen LogP contribution is -2.60. The third kappa shape index (κ3) is 0.981. The lowest BCUT2D eigenvalue weighted by Gasteiger charge is -2.48. The number of carbonyl (C=O) groups excluding carboxylic acids is 1. The van der Waals surface area contributed by atoms with E-state index in [1.807, 2.05) is 0 Å². The van der Waals surface area contributed by atoms with Crippen LogP contribution >= 0.6 is 0 Å². The van der Waals surface area contributed by atoms with E-state index >= 15 is 0 Å². The molecule has 0 aromatic rings. The quantitative estimate of drug-likeness (QED) is 0.516. The van der Waals surface area contributed by atoms with Crippen molar-refractivity contribution >= 4 is 6.16 Å². The van der Waals surface area contributed by atoms with Gasteiger partial charge in [-0.15, -0.1) is 0 Å². The highest BCUT2D eigenvalue weighted by Gasteiger charge is 2.54. The van der Waals surface area contributed by atoms with E-state index in [0.717, 1.165) is 32.5 Å². The lowest BCUT2D eigenvalue weighted by molar-refractivity contribution is -0.0904. The molecule has 0 radical (unpaired) electrons. The van der Waals surface area contributed by atoms with E-state index in [2.05, 4.69) is 4.90 Å². The molecule has 2 bridgehead atoms. The molecule has 0 aliphatic carbocycles. The standard InChI is InChI=1S/C9H13NO3/c11-8-12-6-9(13-8)5-10-3-1-7(9)2-4-10/h7H,1-6H2/t9-/m1/s1. The third-order valence-electron chi connectivity index (χ3n) is 3.54. The number of nitrogens with zero attached hydrogens (tertiary/aromatic N) is 1. The molecule has 4 rings (SSSR count). The van der Waals surface area contributed by atoms with Crippen molar-refractivity contribution in [3.8, 4) is 0 Å². The Morgan fingerprint density at radius 2 is 2.15 bits per heavy atom. The molecule has 1 spiro atoms. The predicted molar refractivity (Wildman–Crippen MR) is 44.3 cm³/mol. The van der Waals surface area contributed by atoms with Crippen LogP contribution in [0.15, 0.2) is 0 Å². The summed E-state index contributed by atoms with van der Waals surface area (Å²) < 4.78 is 10.2. The number of carbonyl (C=O) groups is 1. The molecule has 4 fully saturated rings. The highest BCUT2D eigenvalue weighted by Crippen LogP contribution is 2.41. The van der Waals surface area contributed by atoms with Crippen molar-refractivity contribution in [2.45, 2.75) is 18.4 Å². The second-order valence-corrected chi connectivity index (χ2v) is 4.26. The molecule has 4 heteroatoms. The average molecular weight is 183 g/mol. The van der Waals surface area contributed by atoms with Crippen LogP contribution in [0, 0.1) is 5.92 Å². The van der Waals surface area contributed by atoms with Crippen molar-refractivity contribution in [3.05, 3.63) is 0 Å². The monoisotopic (exact) mass is 183 g/mol. The summed E-state index contributed by atoms with van der Waals surface area (Å²) in [5, 5.41) is 0. The SMILES string of the molecule is O=C1OC[C@@]2(CN3CCC2CC3)O1. The van der Waals surface area contributed by atoms with Crippen molar-refractivity contribution in [3.63, 3.8) is 0 Å². The molecule has 0 saturated carbocycles. The molecule has 0 N–H and O–H groups in total. The Kier molecular flexibility index (Phi) is 1.39. The second kappa shape index (κ2) is 2.38. The van der Waals surface area contributed by atoms with E-state index in [0.29, 0.717) is 12.5 Å². The Bertz CT molecular complexity index is 247. The fourth-order valence-electron chi connectivity index (χ4n) is 2.81. The number of hydrogen-bond donors (Lipinski definition) is 0. The van der Waals surface area contributed by atoms with Gasteiger partial charge in [0.1, 0.15) is 6.61 Å². The summed E-state index contributed by atoms with van der Waals surface area (Å²) in [6.07, 6.45) is 1.82. The van der Waals surface area contributed by atoms with Crippen LogP contribution in [-0.4, -0.2) is 42.9 Å². The Hall–Kier alpha value is -0.770. The number of cyclic esters (lactones) is 1.